The van der Waals surface area contributed by atoms with Crippen LogP contribution in [-0.2, 0) is 19.6 Å². The number of nitrogens with zero attached hydrogens (tertiary/aromatic N) is 3. The van der Waals surface area contributed by atoms with E-state index in [9.17, 15) is 18.0 Å². The molecule has 0 bridgehead atoms. The molecule has 2 aliphatic heterocycles. The summed E-state index contributed by atoms with van der Waals surface area (Å²) in [7, 11) is -4.07. The van der Waals surface area contributed by atoms with Crippen LogP contribution < -0.4 is 4.74 Å². The standard InChI is InChI=1S/C23H26ClN3O5S/c24-18-6-8-19(9-7-18)32-17-16-25-12-14-26(15-13-25)23(29)21-10-11-22(28)27(21)33(30,31)20-4-2-1-3-5-20/h1-9,21H,10-17H2/t21-/m0/s1. The summed E-state index contributed by atoms with van der Waals surface area (Å²) in [4.78, 5) is 29.5. The Labute approximate surface area is 198 Å². The van der Waals surface area contributed by atoms with Gasteiger partial charge in [-0.05, 0) is 42.8 Å². The molecule has 4 rings (SSSR count). The van der Waals surface area contributed by atoms with Gasteiger partial charge < -0.3 is 9.64 Å². The van der Waals surface area contributed by atoms with Gasteiger partial charge >= 0.3 is 0 Å². The van der Waals surface area contributed by atoms with Gasteiger partial charge in [0, 0.05) is 44.2 Å². The third-order valence-electron chi connectivity index (χ3n) is 5.92. The van der Waals surface area contributed by atoms with Crippen LogP contribution in [0.15, 0.2) is 59.5 Å². The minimum Gasteiger partial charge on any atom is -0.492 e. The zero-order valence-electron chi connectivity index (χ0n) is 18.1. The van der Waals surface area contributed by atoms with Crippen LogP contribution >= 0.6 is 11.6 Å². The molecule has 0 radical (unpaired) electrons. The molecule has 1 atom stereocenters. The van der Waals surface area contributed by atoms with Crippen molar-refractivity contribution in [1.82, 2.24) is 14.1 Å². The first-order valence-corrected chi connectivity index (χ1v) is 12.7. The van der Waals surface area contributed by atoms with E-state index in [4.69, 9.17) is 16.3 Å². The molecule has 2 aliphatic rings. The number of carbonyl (C=O) groups is 2. The molecule has 0 saturated carbocycles. The fourth-order valence-corrected chi connectivity index (χ4v) is 5.86. The maximum atomic E-state index is 13.2. The molecule has 0 spiro atoms. The van der Waals surface area contributed by atoms with E-state index in [2.05, 4.69) is 4.90 Å². The van der Waals surface area contributed by atoms with Crippen LogP contribution in [0.2, 0.25) is 5.02 Å². The van der Waals surface area contributed by atoms with Crippen LogP contribution in [0.1, 0.15) is 12.8 Å². The molecule has 8 nitrogen and oxygen atoms in total. The second-order valence-electron chi connectivity index (χ2n) is 8.03. The molecular formula is C23H26ClN3O5S. The minimum atomic E-state index is -4.07. The lowest BCUT2D eigenvalue weighted by molar-refractivity contribution is -0.139. The van der Waals surface area contributed by atoms with Gasteiger partial charge in [0.2, 0.25) is 11.8 Å². The normalized spacial score (nSPS) is 19.7. The number of sulfonamides is 1. The number of carbonyl (C=O) groups excluding carboxylic acids is 2. The van der Waals surface area contributed by atoms with E-state index in [0.29, 0.717) is 44.4 Å². The number of amides is 2. The van der Waals surface area contributed by atoms with Crippen LogP contribution in [0.25, 0.3) is 0 Å². The third-order valence-corrected chi connectivity index (χ3v) is 8.02. The first-order chi connectivity index (χ1) is 15.9. The molecule has 2 heterocycles. The zero-order chi connectivity index (χ0) is 23.4. The lowest BCUT2D eigenvalue weighted by Crippen LogP contribution is -2.55. The first-order valence-electron chi connectivity index (χ1n) is 10.9. The largest absolute Gasteiger partial charge is 0.492 e. The van der Waals surface area contributed by atoms with Gasteiger partial charge in [-0.1, -0.05) is 29.8 Å². The maximum Gasteiger partial charge on any atom is 0.267 e. The molecule has 176 valence electrons. The number of rotatable bonds is 7. The van der Waals surface area contributed by atoms with E-state index < -0.39 is 22.0 Å². The van der Waals surface area contributed by atoms with Crippen molar-refractivity contribution in [2.24, 2.45) is 0 Å². The van der Waals surface area contributed by atoms with Crippen LogP contribution in [0.5, 0.6) is 5.75 Å². The highest BCUT2D eigenvalue weighted by molar-refractivity contribution is 7.89. The number of benzene rings is 2. The van der Waals surface area contributed by atoms with Crippen molar-refractivity contribution >= 4 is 33.4 Å². The van der Waals surface area contributed by atoms with E-state index in [1.165, 1.54) is 12.1 Å². The van der Waals surface area contributed by atoms with Crippen molar-refractivity contribution in [3.8, 4) is 5.75 Å². The molecular weight excluding hydrogens is 466 g/mol. The lowest BCUT2D eigenvalue weighted by atomic mass is 10.2. The van der Waals surface area contributed by atoms with E-state index >= 15 is 0 Å². The van der Waals surface area contributed by atoms with Gasteiger partial charge in [-0.25, -0.2) is 12.7 Å². The average Bonchev–Trinajstić information content (AvgIpc) is 3.23. The Bertz CT molecular complexity index is 1090. The highest BCUT2D eigenvalue weighted by Gasteiger charge is 2.45. The predicted octanol–water partition coefficient (Wildman–Crippen LogP) is 2.24. The molecule has 0 aliphatic carbocycles. The number of piperazine rings is 1. The Morgan fingerprint density at radius 2 is 1.67 bits per heavy atom. The van der Waals surface area contributed by atoms with Gasteiger partial charge in [-0.3, -0.25) is 14.5 Å². The second-order valence-corrected chi connectivity index (χ2v) is 10.3. The maximum absolute atomic E-state index is 13.2. The number of hydrogen-bond acceptors (Lipinski definition) is 6. The molecule has 2 aromatic rings. The Morgan fingerprint density at radius 3 is 2.33 bits per heavy atom. The van der Waals surface area contributed by atoms with Gasteiger partial charge in [0.25, 0.3) is 10.0 Å². The van der Waals surface area contributed by atoms with Gasteiger partial charge in [0.1, 0.15) is 18.4 Å². The van der Waals surface area contributed by atoms with Crippen LogP contribution in [0.3, 0.4) is 0 Å². The first kappa shape index (κ1) is 23.5. The van der Waals surface area contributed by atoms with Gasteiger partial charge in [-0.2, -0.15) is 0 Å². The molecule has 2 amide bonds. The summed E-state index contributed by atoms with van der Waals surface area (Å²) >= 11 is 5.88. The monoisotopic (exact) mass is 491 g/mol. The average molecular weight is 492 g/mol. The van der Waals surface area contributed by atoms with E-state index in [1.54, 1.807) is 35.2 Å². The molecule has 2 saturated heterocycles. The van der Waals surface area contributed by atoms with Crippen molar-refractivity contribution in [1.29, 1.82) is 0 Å². The quantitative estimate of drug-likeness (QED) is 0.590. The topological polar surface area (TPSA) is 87.2 Å². The van der Waals surface area contributed by atoms with Gasteiger partial charge in [0.15, 0.2) is 0 Å². The SMILES string of the molecule is O=C([C@@H]1CCC(=O)N1S(=O)(=O)c1ccccc1)N1CCN(CCOc2ccc(Cl)cc2)CC1. The van der Waals surface area contributed by atoms with Crippen molar-refractivity contribution in [3.05, 3.63) is 59.6 Å². The van der Waals surface area contributed by atoms with Crippen molar-refractivity contribution < 1.29 is 22.7 Å². The molecule has 2 fully saturated rings. The highest BCUT2D eigenvalue weighted by atomic mass is 35.5. The predicted molar refractivity (Wildman–Crippen MR) is 123 cm³/mol. The Kier molecular flexibility index (Phi) is 7.21. The molecule has 10 heteroatoms. The summed E-state index contributed by atoms with van der Waals surface area (Å²) in [5, 5.41) is 0.655. The zero-order valence-corrected chi connectivity index (χ0v) is 19.7. The van der Waals surface area contributed by atoms with Crippen LogP contribution in [0.4, 0.5) is 0 Å². The second kappa shape index (κ2) is 10.1. The van der Waals surface area contributed by atoms with Crippen molar-refractivity contribution in [3.63, 3.8) is 0 Å². The van der Waals surface area contributed by atoms with Gasteiger partial charge in [0.05, 0.1) is 4.90 Å². The number of hydrogen-bond donors (Lipinski definition) is 0. The van der Waals surface area contributed by atoms with Crippen molar-refractivity contribution in [2.75, 3.05) is 39.3 Å². The molecule has 0 unspecified atom stereocenters. The molecule has 33 heavy (non-hydrogen) atoms. The summed E-state index contributed by atoms with van der Waals surface area (Å²) in [5.41, 5.74) is 0. The highest BCUT2D eigenvalue weighted by Crippen LogP contribution is 2.28. The summed E-state index contributed by atoms with van der Waals surface area (Å²) in [6.45, 7) is 3.48. The fourth-order valence-electron chi connectivity index (χ4n) is 4.12. The third kappa shape index (κ3) is 5.31. The van der Waals surface area contributed by atoms with E-state index in [0.717, 1.165) is 10.1 Å². The minimum absolute atomic E-state index is 0.0172. The van der Waals surface area contributed by atoms with Crippen molar-refractivity contribution in [2.45, 2.75) is 23.8 Å². The fraction of sp³-hybridized carbons (Fsp3) is 0.391. The number of ether oxygens (including phenoxy) is 1. The van der Waals surface area contributed by atoms with E-state index in [1.807, 2.05) is 12.1 Å². The van der Waals surface area contributed by atoms with Crippen LogP contribution in [-0.4, -0.2) is 79.7 Å². The summed E-state index contributed by atoms with van der Waals surface area (Å²) in [6, 6.07) is 14.0. The van der Waals surface area contributed by atoms with Crippen LogP contribution in [0, 0.1) is 0 Å². The lowest BCUT2D eigenvalue weighted by Gasteiger charge is -2.37. The van der Waals surface area contributed by atoms with Gasteiger partial charge in [-0.15, -0.1) is 0 Å². The Morgan fingerprint density at radius 1 is 1.00 bits per heavy atom. The Balaban J connectivity index is 1.32. The molecule has 2 aromatic carbocycles. The summed E-state index contributed by atoms with van der Waals surface area (Å²) in [5.74, 6) is -0.0913. The molecule has 0 aromatic heterocycles. The van der Waals surface area contributed by atoms with E-state index in [-0.39, 0.29) is 23.6 Å². The smallest absolute Gasteiger partial charge is 0.267 e. The Hall–Kier alpha value is -2.62. The number of halogens is 1. The molecule has 0 N–H and O–H groups in total. The summed E-state index contributed by atoms with van der Waals surface area (Å²) in [6.07, 6.45) is 0.253. The summed E-state index contributed by atoms with van der Waals surface area (Å²) < 4.78 is 32.6.